The Hall–Kier alpha value is -1.10. The minimum absolute atomic E-state index is 0.0870. The molecule has 0 rings (SSSR count). The van der Waals surface area contributed by atoms with Crippen molar-refractivity contribution in [1.29, 1.82) is 0 Å². The van der Waals surface area contributed by atoms with Gasteiger partial charge in [-0.3, -0.25) is 9.59 Å². The van der Waals surface area contributed by atoms with E-state index in [0.29, 0.717) is 6.54 Å². The fraction of sp³-hybridized carbons (Fsp3) is 0.800. The molecule has 0 saturated heterocycles. The van der Waals surface area contributed by atoms with Crippen molar-refractivity contribution < 1.29 is 9.59 Å². The minimum atomic E-state index is -0.260. The average molecular weight is 215 g/mol. The first kappa shape index (κ1) is 13.9. The molecule has 3 N–H and O–H groups in total. The van der Waals surface area contributed by atoms with Gasteiger partial charge in [-0.1, -0.05) is 6.92 Å². The first-order valence-electron chi connectivity index (χ1n) is 5.17. The van der Waals surface area contributed by atoms with E-state index in [2.05, 4.69) is 5.32 Å². The zero-order chi connectivity index (χ0) is 12.0. The van der Waals surface area contributed by atoms with Gasteiger partial charge in [0, 0.05) is 19.6 Å². The van der Waals surface area contributed by atoms with Crippen LogP contribution in [0.2, 0.25) is 0 Å². The summed E-state index contributed by atoms with van der Waals surface area (Å²) in [6.45, 7) is 6.04. The van der Waals surface area contributed by atoms with Crippen molar-refractivity contribution in [2.75, 3.05) is 20.1 Å². The highest BCUT2D eigenvalue weighted by molar-refractivity contribution is 5.85. The quantitative estimate of drug-likeness (QED) is 0.653. The van der Waals surface area contributed by atoms with E-state index in [-0.39, 0.29) is 30.3 Å². The van der Waals surface area contributed by atoms with Gasteiger partial charge in [0.25, 0.3) is 0 Å². The van der Waals surface area contributed by atoms with Gasteiger partial charge in [-0.25, -0.2) is 0 Å². The first-order valence-corrected chi connectivity index (χ1v) is 5.17. The lowest BCUT2D eigenvalue weighted by atomic mass is 10.0. The van der Waals surface area contributed by atoms with Crippen LogP contribution in [0.5, 0.6) is 0 Å². The van der Waals surface area contributed by atoms with Crippen LogP contribution in [0.3, 0.4) is 0 Å². The molecule has 2 atom stereocenters. The summed E-state index contributed by atoms with van der Waals surface area (Å²) in [5, 5.41) is 2.64. The summed E-state index contributed by atoms with van der Waals surface area (Å²) in [6.07, 6.45) is 0. The number of nitrogens with zero attached hydrogens (tertiary/aromatic N) is 1. The highest BCUT2D eigenvalue weighted by Crippen LogP contribution is 2.04. The number of carbonyl (C=O) groups is 2. The number of hydrogen-bond donors (Lipinski definition) is 2. The third kappa shape index (κ3) is 4.78. The Morgan fingerprint density at radius 1 is 1.40 bits per heavy atom. The highest BCUT2D eigenvalue weighted by atomic mass is 16.2. The summed E-state index contributed by atoms with van der Waals surface area (Å²) < 4.78 is 0. The van der Waals surface area contributed by atoms with Crippen LogP contribution >= 0.6 is 0 Å². The summed E-state index contributed by atoms with van der Waals surface area (Å²) in [5.74, 6) is -0.508. The molecular formula is C10H21N3O2. The molecule has 0 saturated carbocycles. The van der Waals surface area contributed by atoms with Gasteiger partial charge in [0.1, 0.15) is 0 Å². The van der Waals surface area contributed by atoms with Crippen molar-refractivity contribution in [1.82, 2.24) is 10.2 Å². The maximum Gasteiger partial charge on any atom is 0.239 e. The van der Waals surface area contributed by atoms with Gasteiger partial charge in [0.2, 0.25) is 11.8 Å². The smallest absolute Gasteiger partial charge is 0.239 e. The van der Waals surface area contributed by atoms with E-state index in [4.69, 9.17) is 5.73 Å². The Bertz CT molecular complexity index is 229. The van der Waals surface area contributed by atoms with Gasteiger partial charge in [-0.05, 0) is 13.8 Å². The molecule has 2 unspecified atom stereocenters. The second-order valence-electron chi connectivity index (χ2n) is 3.80. The number of likely N-dealkylation sites (N-methyl/N-ethyl adjacent to an activating group) is 2. The second-order valence-corrected chi connectivity index (χ2v) is 3.80. The predicted molar refractivity (Wildman–Crippen MR) is 59.1 cm³/mol. The Morgan fingerprint density at radius 2 is 1.93 bits per heavy atom. The molecule has 15 heavy (non-hydrogen) atoms. The third-order valence-electron chi connectivity index (χ3n) is 2.31. The number of nitrogens with two attached hydrogens (primary N) is 1. The Balaban J connectivity index is 4.15. The molecular weight excluding hydrogens is 194 g/mol. The molecule has 88 valence electrons. The van der Waals surface area contributed by atoms with E-state index in [1.807, 2.05) is 6.92 Å². The monoisotopic (exact) mass is 215 g/mol. The van der Waals surface area contributed by atoms with E-state index < -0.39 is 0 Å². The molecule has 0 radical (unpaired) electrons. The Kier molecular flexibility index (Phi) is 5.93. The molecule has 0 aliphatic heterocycles. The van der Waals surface area contributed by atoms with Crippen molar-refractivity contribution in [3.8, 4) is 0 Å². The normalized spacial score (nSPS) is 14.2. The van der Waals surface area contributed by atoms with Crippen LogP contribution in [-0.2, 0) is 9.59 Å². The lowest BCUT2D eigenvalue weighted by Gasteiger charge is -2.22. The topological polar surface area (TPSA) is 75.4 Å². The Morgan fingerprint density at radius 3 is 2.33 bits per heavy atom. The van der Waals surface area contributed by atoms with Crippen molar-refractivity contribution >= 4 is 11.8 Å². The molecule has 0 aromatic heterocycles. The highest BCUT2D eigenvalue weighted by Gasteiger charge is 2.21. The Labute approximate surface area is 91.0 Å². The summed E-state index contributed by atoms with van der Waals surface area (Å²) in [4.78, 5) is 24.3. The maximum absolute atomic E-state index is 11.7. The number of hydrogen-bond acceptors (Lipinski definition) is 3. The van der Waals surface area contributed by atoms with Crippen molar-refractivity contribution in [2.45, 2.75) is 26.8 Å². The molecule has 0 fully saturated rings. The number of rotatable bonds is 5. The van der Waals surface area contributed by atoms with E-state index >= 15 is 0 Å². The van der Waals surface area contributed by atoms with E-state index in [1.54, 1.807) is 20.9 Å². The standard InChI is InChI=1S/C10H21N3O2/c1-5-12-9(14)6-13(4)10(15)7(2)8(3)11/h7-8H,5-6,11H2,1-4H3,(H,12,14). The summed E-state index contributed by atoms with van der Waals surface area (Å²) >= 11 is 0. The van der Waals surface area contributed by atoms with E-state index in [0.717, 1.165) is 0 Å². The summed E-state index contributed by atoms with van der Waals surface area (Å²) in [6, 6.07) is -0.200. The summed E-state index contributed by atoms with van der Waals surface area (Å²) in [5.41, 5.74) is 5.62. The summed E-state index contributed by atoms with van der Waals surface area (Å²) in [7, 11) is 1.61. The van der Waals surface area contributed by atoms with Crippen LogP contribution in [0.25, 0.3) is 0 Å². The molecule has 5 heteroatoms. The number of nitrogens with one attached hydrogen (secondary N) is 1. The number of amides is 2. The second kappa shape index (κ2) is 6.40. The number of carbonyl (C=O) groups excluding carboxylic acids is 2. The SMILES string of the molecule is CCNC(=O)CN(C)C(=O)C(C)C(C)N. The maximum atomic E-state index is 11.7. The van der Waals surface area contributed by atoms with Gasteiger partial charge in [-0.2, -0.15) is 0 Å². The van der Waals surface area contributed by atoms with Gasteiger partial charge in [0.05, 0.1) is 12.5 Å². The molecule has 2 amide bonds. The zero-order valence-electron chi connectivity index (χ0n) is 9.91. The lowest BCUT2D eigenvalue weighted by Crippen LogP contribution is -2.44. The van der Waals surface area contributed by atoms with Crippen LogP contribution in [-0.4, -0.2) is 42.9 Å². The van der Waals surface area contributed by atoms with Crippen molar-refractivity contribution in [2.24, 2.45) is 11.7 Å². The minimum Gasteiger partial charge on any atom is -0.355 e. The molecule has 0 aromatic rings. The average Bonchev–Trinajstić information content (AvgIpc) is 2.15. The van der Waals surface area contributed by atoms with Crippen LogP contribution in [0, 0.1) is 5.92 Å². The first-order chi connectivity index (χ1) is 6.90. The van der Waals surface area contributed by atoms with Crippen LogP contribution in [0.4, 0.5) is 0 Å². The van der Waals surface area contributed by atoms with Gasteiger partial charge in [-0.15, -0.1) is 0 Å². The molecule has 0 aliphatic carbocycles. The molecule has 0 bridgehead atoms. The molecule has 0 spiro atoms. The molecule has 5 nitrogen and oxygen atoms in total. The third-order valence-corrected chi connectivity index (χ3v) is 2.31. The van der Waals surface area contributed by atoms with E-state index in [9.17, 15) is 9.59 Å². The lowest BCUT2D eigenvalue weighted by molar-refractivity contribution is -0.138. The van der Waals surface area contributed by atoms with Crippen molar-refractivity contribution in [3.63, 3.8) is 0 Å². The predicted octanol–water partition coefficient (Wildman–Crippen LogP) is -0.436. The van der Waals surface area contributed by atoms with E-state index in [1.165, 1.54) is 4.90 Å². The van der Waals surface area contributed by atoms with Gasteiger partial charge in [0.15, 0.2) is 0 Å². The zero-order valence-corrected chi connectivity index (χ0v) is 9.91. The molecule has 0 aliphatic rings. The van der Waals surface area contributed by atoms with Crippen LogP contribution in [0.15, 0.2) is 0 Å². The fourth-order valence-corrected chi connectivity index (χ4v) is 1.12. The molecule has 0 heterocycles. The fourth-order valence-electron chi connectivity index (χ4n) is 1.12. The molecule has 0 aromatic carbocycles. The van der Waals surface area contributed by atoms with Gasteiger partial charge >= 0.3 is 0 Å². The van der Waals surface area contributed by atoms with Crippen LogP contribution in [0.1, 0.15) is 20.8 Å². The van der Waals surface area contributed by atoms with Gasteiger partial charge < -0.3 is 16.0 Å². The van der Waals surface area contributed by atoms with Crippen LogP contribution < -0.4 is 11.1 Å². The van der Waals surface area contributed by atoms with Crippen molar-refractivity contribution in [3.05, 3.63) is 0 Å². The largest absolute Gasteiger partial charge is 0.355 e.